The predicted molar refractivity (Wildman–Crippen MR) is 80.1 cm³/mol. The molecule has 2 amide bonds. The molecule has 0 atom stereocenters. The molecule has 0 aliphatic heterocycles. The summed E-state index contributed by atoms with van der Waals surface area (Å²) < 4.78 is 1.59. The van der Waals surface area contributed by atoms with Crippen molar-refractivity contribution in [3.05, 3.63) is 47.2 Å². The molecule has 0 radical (unpaired) electrons. The Balaban J connectivity index is 1.90. The van der Waals surface area contributed by atoms with Gasteiger partial charge in [0.05, 0.1) is 6.54 Å². The van der Waals surface area contributed by atoms with Gasteiger partial charge in [-0.1, -0.05) is 17.2 Å². The molecule has 1 heterocycles. The Bertz CT molecular complexity index is 656. The van der Waals surface area contributed by atoms with E-state index in [4.69, 9.17) is 0 Å². The van der Waals surface area contributed by atoms with Crippen molar-refractivity contribution in [1.82, 2.24) is 15.1 Å². The van der Waals surface area contributed by atoms with Crippen LogP contribution >= 0.6 is 0 Å². The summed E-state index contributed by atoms with van der Waals surface area (Å²) in [4.78, 5) is 23.7. The monoisotopic (exact) mass is 286 g/mol. The number of hydrogen-bond donors (Lipinski definition) is 2. The summed E-state index contributed by atoms with van der Waals surface area (Å²) in [5, 5.41) is 9.23. The number of anilines is 1. The molecule has 6 heteroatoms. The topological polar surface area (TPSA) is 76.0 Å². The molecule has 0 fully saturated rings. The number of aryl methyl sites for hydroxylation is 3. The van der Waals surface area contributed by atoms with Crippen LogP contribution in [-0.4, -0.2) is 28.1 Å². The van der Waals surface area contributed by atoms with Crippen LogP contribution in [0, 0.1) is 13.8 Å². The first-order valence-electron chi connectivity index (χ1n) is 6.60. The maximum atomic E-state index is 12.0. The molecule has 0 saturated heterocycles. The Morgan fingerprint density at radius 1 is 1.19 bits per heavy atom. The van der Waals surface area contributed by atoms with Gasteiger partial charge in [0, 0.05) is 24.9 Å². The number of hydrogen-bond acceptors (Lipinski definition) is 3. The van der Waals surface area contributed by atoms with Crippen LogP contribution in [0.1, 0.15) is 21.5 Å². The summed E-state index contributed by atoms with van der Waals surface area (Å²) in [7, 11) is 1.76. The summed E-state index contributed by atoms with van der Waals surface area (Å²) in [6, 6.07) is 7.26. The van der Waals surface area contributed by atoms with E-state index >= 15 is 0 Å². The first-order chi connectivity index (χ1) is 9.94. The van der Waals surface area contributed by atoms with E-state index in [9.17, 15) is 9.59 Å². The van der Waals surface area contributed by atoms with Crippen molar-refractivity contribution in [2.45, 2.75) is 13.8 Å². The summed E-state index contributed by atoms with van der Waals surface area (Å²) in [6.07, 6.45) is 1.73. The maximum absolute atomic E-state index is 12.0. The molecule has 0 unspecified atom stereocenters. The van der Waals surface area contributed by atoms with Crippen LogP contribution in [0.15, 0.2) is 30.5 Å². The molecule has 0 aliphatic rings. The van der Waals surface area contributed by atoms with Crippen molar-refractivity contribution < 1.29 is 9.59 Å². The number of aromatic nitrogens is 2. The average molecular weight is 286 g/mol. The van der Waals surface area contributed by atoms with Gasteiger partial charge in [-0.15, -0.1) is 0 Å². The third kappa shape index (κ3) is 4.17. The zero-order chi connectivity index (χ0) is 15.4. The molecule has 0 spiro atoms. The lowest BCUT2D eigenvalue weighted by atomic mass is 10.1. The van der Waals surface area contributed by atoms with E-state index < -0.39 is 0 Å². The molecule has 0 saturated carbocycles. The lowest BCUT2D eigenvalue weighted by Crippen LogP contribution is -2.33. The summed E-state index contributed by atoms with van der Waals surface area (Å²) >= 11 is 0. The van der Waals surface area contributed by atoms with Gasteiger partial charge in [0.2, 0.25) is 5.91 Å². The Hall–Kier alpha value is -2.63. The van der Waals surface area contributed by atoms with Crippen molar-refractivity contribution in [2.75, 3.05) is 11.9 Å². The molecule has 21 heavy (non-hydrogen) atoms. The van der Waals surface area contributed by atoms with Gasteiger partial charge in [-0.05, 0) is 26.0 Å². The summed E-state index contributed by atoms with van der Waals surface area (Å²) in [5.41, 5.74) is 2.58. The van der Waals surface area contributed by atoms with E-state index in [0.29, 0.717) is 11.4 Å². The SMILES string of the molecule is Cc1cc(C)cc(C(=O)NCC(=O)Nc2ccn(C)n2)c1. The second-order valence-corrected chi connectivity index (χ2v) is 4.98. The fourth-order valence-corrected chi connectivity index (χ4v) is 2.04. The average Bonchev–Trinajstić information content (AvgIpc) is 2.80. The van der Waals surface area contributed by atoms with Crippen molar-refractivity contribution in [3.8, 4) is 0 Å². The Morgan fingerprint density at radius 3 is 2.43 bits per heavy atom. The highest BCUT2D eigenvalue weighted by molar-refractivity contribution is 5.99. The van der Waals surface area contributed by atoms with Gasteiger partial charge in [0.25, 0.3) is 5.91 Å². The van der Waals surface area contributed by atoms with Gasteiger partial charge in [-0.25, -0.2) is 0 Å². The quantitative estimate of drug-likeness (QED) is 0.892. The van der Waals surface area contributed by atoms with Crippen molar-refractivity contribution in [1.29, 1.82) is 0 Å². The molecular formula is C15H18N4O2. The van der Waals surface area contributed by atoms with Gasteiger partial charge in [-0.3, -0.25) is 14.3 Å². The minimum absolute atomic E-state index is 0.0948. The number of nitrogens with zero attached hydrogens (tertiary/aromatic N) is 2. The smallest absolute Gasteiger partial charge is 0.251 e. The van der Waals surface area contributed by atoms with Crippen LogP contribution in [0.4, 0.5) is 5.82 Å². The standard InChI is InChI=1S/C15H18N4O2/c1-10-6-11(2)8-12(7-10)15(21)16-9-14(20)17-13-4-5-19(3)18-13/h4-8H,9H2,1-3H3,(H,16,21)(H,17,18,20). The molecule has 0 bridgehead atoms. The van der Waals surface area contributed by atoms with Crippen LogP contribution in [0.3, 0.4) is 0 Å². The minimum Gasteiger partial charge on any atom is -0.343 e. The van der Waals surface area contributed by atoms with E-state index in [2.05, 4.69) is 15.7 Å². The van der Waals surface area contributed by atoms with Crippen LogP contribution < -0.4 is 10.6 Å². The van der Waals surface area contributed by atoms with Crippen molar-refractivity contribution >= 4 is 17.6 Å². The highest BCUT2D eigenvalue weighted by Gasteiger charge is 2.09. The van der Waals surface area contributed by atoms with Crippen molar-refractivity contribution in [2.24, 2.45) is 7.05 Å². The van der Waals surface area contributed by atoms with E-state index in [-0.39, 0.29) is 18.4 Å². The third-order valence-corrected chi connectivity index (χ3v) is 2.87. The number of benzene rings is 1. The molecule has 0 aliphatic carbocycles. The van der Waals surface area contributed by atoms with Gasteiger partial charge < -0.3 is 10.6 Å². The van der Waals surface area contributed by atoms with Gasteiger partial charge in [0.1, 0.15) is 0 Å². The summed E-state index contributed by atoms with van der Waals surface area (Å²) in [5.74, 6) is -0.118. The predicted octanol–water partition coefficient (Wildman–Crippen LogP) is 1.41. The Morgan fingerprint density at radius 2 is 1.86 bits per heavy atom. The zero-order valence-corrected chi connectivity index (χ0v) is 12.3. The van der Waals surface area contributed by atoms with Gasteiger partial charge in [0.15, 0.2) is 5.82 Å². The number of carbonyl (C=O) groups is 2. The van der Waals surface area contributed by atoms with E-state index in [1.807, 2.05) is 19.9 Å². The minimum atomic E-state index is -0.313. The molecule has 1 aromatic carbocycles. The second-order valence-electron chi connectivity index (χ2n) is 4.98. The third-order valence-electron chi connectivity index (χ3n) is 2.87. The first kappa shape index (κ1) is 14.8. The van der Waals surface area contributed by atoms with E-state index in [1.165, 1.54) is 0 Å². The number of rotatable bonds is 4. The fourth-order valence-electron chi connectivity index (χ4n) is 2.04. The van der Waals surface area contributed by atoms with Crippen LogP contribution in [0.5, 0.6) is 0 Å². The lowest BCUT2D eigenvalue weighted by Gasteiger charge is -2.07. The van der Waals surface area contributed by atoms with Gasteiger partial charge in [-0.2, -0.15) is 5.10 Å². The molecule has 2 N–H and O–H groups in total. The molecule has 1 aromatic heterocycles. The number of nitrogens with one attached hydrogen (secondary N) is 2. The molecule has 6 nitrogen and oxygen atoms in total. The molecule has 110 valence electrons. The largest absolute Gasteiger partial charge is 0.343 e. The number of carbonyl (C=O) groups excluding carboxylic acids is 2. The molecule has 2 aromatic rings. The highest BCUT2D eigenvalue weighted by atomic mass is 16.2. The zero-order valence-electron chi connectivity index (χ0n) is 12.3. The molecule has 2 rings (SSSR count). The Kier molecular flexibility index (Phi) is 4.37. The lowest BCUT2D eigenvalue weighted by molar-refractivity contribution is -0.115. The van der Waals surface area contributed by atoms with Crippen LogP contribution in [0.2, 0.25) is 0 Å². The molecular weight excluding hydrogens is 268 g/mol. The fraction of sp³-hybridized carbons (Fsp3) is 0.267. The van der Waals surface area contributed by atoms with Crippen LogP contribution in [-0.2, 0) is 11.8 Å². The van der Waals surface area contributed by atoms with Crippen molar-refractivity contribution in [3.63, 3.8) is 0 Å². The Labute approximate surface area is 123 Å². The maximum Gasteiger partial charge on any atom is 0.251 e. The van der Waals surface area contributed by atoms with E-state index in [1.54, 1.807) is 36.1 Å². The first-order valence-corrected chi connectivity index (χ1v) is 6.60. The number of amides is 2. The second kappa shape index (κ2) is 6.21. The van der Waals surface area contributed by atoms with Crippen LogP contribution in [0.25, 0.3) is 0 Å². The highest BCUT2D eigenvalue weighted by Crippen LogP contribution is 2.08. The summed E-state index contributed by atoms with van der Waals surface area (Å²) in [6.45, 7) is 3.76. The van der Waals surface area contributed by atoms with E-state index in [0.717, 1.165) is 11.1 Å². The van der Waals surface area contributed by atoms with Gasteiger partial charge >= 0.3 is 0 Å². The normalized spacial score (nSPS) is 10.2.